The van der Waals surface area contributed by atoms with Gasteiger partial charge >= 0.3 is 0 Å². The van der Waals surface area contributed by atoms with E-state index in [-0.39, 0.29) is 5.78 Å². The van der Waals surface area contributed by atoms with Crippen molar-refractivity contribution in [1.29, 1.82) is 0 Å². The minimum atomic E-state index is -1.50. The first-order valence-corrected chi connectivity index (χ1v) is 9.02. The Kier molecular flexibility index (Phi) is 7.10. The molecule has 0 saturated carbocycles. The first-order valence-electron chi connectivity index (χ1n) is 5.61. The molecule has 2 nitrogen and oxygen atoms in total. The zero-order chi connectivity index (χ0) is 11.0. The van der Waals surface area contributed by atoms with Gasteiger partial charge in [-0.3, -0.25) is 4.79 Å². The fraction of sp³-hybridized carbons (Fsp3) is 0.909. The minimum absolute atomic E-state index is 0.267. The Labute approximate surface area is 89.2 Å². The Bertz CT molecular complexity index is 161. The van der Waals surface area contributed by atoms with Crippen molar-refractivity contribution in [2.24, 2.45) is 0 Å². The number of unbranched alkanes of at least 4 members (excludes halogenated alkanes) is 3. The van der Waals surface area contributed by atoms with Crippen molar-refractivity contribution >= 4 is 14.1 Å². The molecule has 0 radical (unpaired) electrons. The second kappa shape index (κ2) is 7.18. The van der Waals surface area contributed by atoms with E-state index in [1.54, 1.807) is 0 Å². The van der Waals surface area contributed by atoms with Crippen LogP contribution in [0.1, 0.15) is 39.0 Å². The molecule has 0 bridgehead atoms. The highest BCUT2D eigenvalue weighted by molar-refractivity contribution is 6.69. The maximum atomic E-state index is 11.4. The van der Waals surface area contributed by atoms with Crippen molar-refractivity contribution in [3.63, 3.8) is 0 Å². The van der Waals surface area contributed by atoms with Crippen molar-refractivity contribution in [3.05, 3.63) is 0 Å². The third-order valence-electron chi connectivity index (χ3n) is 1.98. The van der Waals surface area contributed by atoms with Crippen molar-refractivity contribution in [2.45, 2.75) is 58.7 Å². The van der Waals surface area contributed by atoms with Crippen molar-refractivity contribution < 1.29 is 9.22 Å². The summed E-state index contributed by atoms with van der Waals surface area (Å²) < 4.78 is 5.54. The van der Waals surface area contributed by atoms with Gasteiger partial charge in [0, 0.05) is 6.42 Å². The van der Waals surface area contributed by atoms with Crippen molar-refractivity contribution in [3.8, 4) is 0 Å². The highest BCUT2D eigenvalue weighted by atomic mass is 28.4. The van der Waals surface area contributed by atoms with E-state index in [0.717, 1.165) is 6.42 Å². The molecule has 0 rings (SSSR count). The van der Waals surface area contributed by atoms with E-state index in [4.69, 9.17) is 4.43 Å². The first-order chi connectivity index (χ1) is 6.45. The molecule has 0 spiro atoms. The Hall–Kier alpha value is -0.153. The van der Waals surface area contributed by atoms with Crippen LogP contribution < -0.4 is 0 Å². The van der Waals surface area contributed by atoms with Crippen LogP contribution in [0.4, 0.5) is 0 Å². The number of carbonyl (C=O) groups excluding carboxylic acids is 1. The van der Waals surface area contributed by atoms with Gasteiger partial charge in [0.15, 0.2) is 14.1 Å². The number of ketones is 1. The summed E-state index contributed by atoms with van der Waals surface area (Å²) >= 11 is 0. The Morgan fingerprint density at radius 1 is 1.14 bits per heavy atom. The average molecular weight is 216 g/mol. The standard InChI is InChI=1S/C11H24O2Si/c1-5-6-7-8-9-11(12)10-13-14(2,3)4/h5-10H2,1-4H3. The van der Waals surface area contributed by atoms with E-state index >= 15 is 0 Å². The number of carbonyl (C=O) groups is 1. The molecule has 0 aliphatic carbocycles. The largest absolute Gasteiger partial charge is 0.410 e. The van der Waals surface area contributed by atoms with E-state index in [0.29, 0.717) is 13.0 Å². The van der Waals surface area contributed by atoms with E-state index in [9.17, 15) is 4.79 Å². The molecule has 84 valence electrons. The molecule has 0 unspecified atom stereocenters. The normalized spacial score (nSPS) is 11.7. The lowest BCUT2D eigenvalue weighted by Gasteiger charge is -2.16. The Morgan fingerprint density at radius 2 is 1.79 bits per heavy atom. The monoisotopic (exact) mass is 216 g/mol. The summed E-state index contributed by atoms with van der Waals surface area (Å²) in [5, 5.41) is 0. The summed E-state index contributed by atoms with van der Waals surface area (Å²) in [7, 11) is -1.50. The Morgan fingerprint density at radius 3 is 2.29 bits per heavy atom. The molecule has 0 aromatic carbocycles. The van der Waals surface area contributed by atoms with Gasteiger partial charge in [0.05, 0.1) is 6.61 Å². The lowest BCUT2D eigenvalue weighted by Crippen LogP contribution is -2.28. The van der Waals surface area contributed by atoms with E-state index in [2.05, 4.69) is 26.6 Å². The molecule has 0 atom stereocenters. The van der Waals surface area contributed by atoms with Crippen LogP contribution in [0.2, 0.25) is 19.6 Å². The summed E-state index contributed by atoms with van der Waals surface area (Å²) in [5.74, 6) is 0.267. The molecule has 0 aromatic rings. The zero-order valence-corrected chi connectivity index (χ0v) is 11.1. The van der Waals surface area contributed by atoms with Crippen molar-refractivity contribution in [1.82, 2.24) is 0 Å². The van der Waals surface area contributed by atoms with E-state index in [1.165, 1.54) is 19.3 Å². The van der Waals surface area contributed by atoms with Gasteiger partial charge in [-0.2, -0.15) is 0 Å². The van der Waals surface area contributed by atoms with Gasteiger partial charge < -0.3 is 4.43 Å². The minimum Gasteiger partial charge on any atom is -0.410 e. The predicted octanol–water partition coefficient (Wildman–Crippen LogP) is 3.38. The van der Waals surface area contributed by atoms with Crippen LogP contribution in [-0.2, 0) is 9.22 Å². The van der Waals surface area contributed by atoms with E-state index < -0.39 is 8.32 Å². The third kappa shape index (κ3) is 9.93. The molecule has 0 aliphatic rings. The zero-order valence-electron chi connectivity index (χ0n) is 10.1. The summed E-state index contributed by atoms with van der Waals surface area (Å²) in [4.78, 5) is 11.4. The fourth-order valence-electron chi connectivity index (χ4n) is 1.12. The summed E-state index contributed by atoms with van der Waals surface area (Å²) in [5.41, 5.74) is 0. The summed E-state index contributed by atoms with van der Waals surface area (Å²) in [6, 6.07) is 0. The van der Waals surface area contributed by atoms with Crippen LogP contribution in [-0.4, -0.2) is 20.7 Å². The number of Topliss-reactive ketones (excluding diaryl/α,β-unsaturated/α-hetero) is 1. The van der Waals surface area contributed by atoms with Crippen LogP contribution in [0.25, 0.3) is 0 Å². The second-order valence-electron chi connectivity index (χ2n) is 4.75. The van der Waals surface area contributed by atoms with Gasteiger partial charge in [0.2, 0.25) is 0 Å². The highest BCUT2D eigenvalue weighted by Gasteiger charge is 2.15. The molecule has 0 aliphatic heterocycles. The Balaban J connectivity index is 3.38. The molecule has 0 aromatic heterocycles. The third-order valence-corrected chi connectivity index (χ3v) is 2.99. The number of rotatable bonds is 8. The lowest BCUT2D eigenvalue weighted by molar-refractivity contribution is -0.121. The molecule has 0 saturated heterocycles. The lowest BCUT2D eigenvalue weighted by atomic mass is 10.1. The van der Waals surface area contributed by atoms with Gasteiger partial charge in [-0.05, 0) is 26.1 Å². The van der Waals surface area contributed by atoms with Gasteiger partial charge in [-0.25, -0.2) is 0 Å². The average Bonchev–Trinajstić information content (AvgIpc) is 2.08. The van der Waals surface area contributed by atoms with Gasteiger partial charge in [0.1, 0.15) is 0 Å². The number of hydrogen-bond acceptors (Lipinski definition) is 2. The van der Waals surface area contributed by atoms with Gasteiger partial charge in [0.25, 0.3) is 0 Å². The maximum Gasteiger partial charge on any atom is 0.184 e. The molecule has 0 amide bonds. The molecule has 3 heteroatoms. The van der Waals surface area contributed by atoms with Gasteiger partial charge in [-0.1, -0.05) is 26.2 Å². The summed E-state index contributed by atoms with van der Waals surface area (Å²) in [6.45, 7) is 8.84. The van der Waals surface area contributed by atoms with Crippen LogP contribution >= 0.6 is 0 Å². The van der Waals surface area contributed by atoms with Crippen LogP contribution in [0, 0.1) is 0 Å². The molecule has 14 heavy (non-hydrogen) atoms. The molecule has 0 N–H and O–H groups in total. The quantitative estimate of drug-likeness (QED) is 0.459. The van der Waals surface area contributed by atoms with Crippen molar-refractivity contribution in [2.75, 3.05) is 6.61 Å². The summed E-state index contributed by atoms with van der Waals surface area (Å²) in [6.07, 6.45) is 5.36. The van der Waals surface area contributed by atoms with Crippen LogP contribution in [0.3, 0.4) is 0 Å². The van der Waals surface area contributed by atoms with E-state index in [1.807, 2.05) is 0 Å². The second-order valence-corrected chi connectivity index (χ2v) is 9.26. The molecular weight excluding hydrogens is 192 g/mol. The van der Waals surface area contributed by atoms with Crippen LogP contribution in [0.15, 0.2) is 0 Å². The molecule has 0 fully saturated rings. The molecule has 0 heterocycles. The van der Waals surface area contributed by atoms with Crippen LogP contribution in [0.5, 0.6) is 0 Å². The number of hydrogen-bond donors (Lipinski definition) is 0. The highest BCUT2D eigenvalue weighted by Crippen LogP contribution is 2.06. The first kappa shape index (κ1) is 13.8. The van der Waals surface area contributed by atoms with Gasteiger partial charge in [-0.15, -0.1) is 0 Å². The maximum absolute atomic E-state index is 11.4. The smallest absolute Gasteiger partial charge is 0.184 e. The molecular formula is C11H24O2Si. The predicted molar refractivity (Wildman–Crippen MR) is 63.1 cm³/mol. The SMILES string of the molecule is CCCCCCC(=O)CO[Si](C)(C)C. The fourth-order valence-corrected chi connectivity index (χ4v) is 1.71. The topological polar surface area (TPSA) is 26.3 Å².